The van der Waals surface area contributed by atoms with Gasteiger partial charge in [0.2, 0.25) is 0 Å². The van der Waals surface area contributed by atoms with Crippen molar-refractivity contribution in [2.75, 3.05) is 25.6 Å². The molecule has 0 bridgehead atoms. The van der Waals surface area contributed by atoms with Crippen LogP contribution in [0.5, 0.6) is 5.75 Å². The Kier molecular flexibility index (Phi) is 6.72. The van der Waals surface area contributed by atoms with E-state index in [2.05, 4.69) is 17.4 Å². The highest BCUT2D eigenvalue weighted by Crippen LogP contribution is 2.22. The molecular formula is C17H27NO2. The van der Waals surface area contributed by atoms with Gasteiger partial charge in [-0.1, -0.05) is 32.1 Å². The molecule has 1 aromatic rings. The molecule has 0 amide bonds. The topological polar surface area (TPSA) is 30.5 Å². The molecule has 2 rings (SSSR count). The molecular weight excluding hydrogens is 250 g/mol. The lowest BCUT2D eigenvalue weighted by atomic mass is 9.96. The molecule has 0 aliphatic heterocycles. The predicted molar refractivity (Wildman–Crippen MR) is 83.5 cm³/mol. The summed E-state index contributed by atoms with van der Waals surface area (Å²) in [6, 6.07) is 8.92. The maximum atomic E-state index is 5.58. The third kappa shape index (κ3) is 5.41. The minimum absolute atomic E-state index is 0.603. The van der Waals surface area contributed by atoms with E-state index in [1.165, 1.54) is 50.6 Å². The van der Waals surface area contributed by atoms with E-state index in [1.807, 2.05) is 12.1 Å². The van der Waals surface area contributed by atoms with Crippen LogP contribution in [0.15, 0.2) is 24.3 Å². The van der Waals surface area contributed by atoms with Crippen LogP contribution < -0.4 is 10.1 Å². The van der Waals surface area contributed by atoms with E-state index in [0.29, 0.717) is 19.3 Å². The SMILES string of the molecule is COCCOc1ccc(NC2CCCCCCC2)cc1. The number of nitrogens with one attached hydrogen (secondary N) is 1. The van der Waals surface area contributed by atoms with Gasteiger partial charge < -0.3 is 14.8 Å². The number of anilines is 1. The van der Waals surface area contributed by atoms with E-state index in [0.717, 1.165) is 5.75 Å². The molecule has 1 fully saturated rings. The van der Waals surface area contributed by atoms with Gasteiger partial charge in [0.05, 0.1) is 6.61 Å². The monoisotopic (exact) mass is 277 g/mol. The average Bonchev–Trinajstić information content (AvgIpc) is 2.44. The van der Waals surface area contributed by atoms with E-state index >= 15 is 0 Å². The largest absolute Gasteiger partial charge is 0.491 e. The summed E-state index contributed by atoms with van der Waals surface area (Å²) in [5, 5.41) is 3.66. The van der Waals surface area contributed by atoms with Crippen LogP contribution in [0.1, 0.15) is 44.9 Å². The lowest BCUT2D eigenvalue weighted by Gasteiger charge is -2.22. The molecule has 0 spiro atoms. The number of rotatable bonds is 6. The van der Waals surface area contributed by atoms with Crippen molar-refractivity contribution in [2.45, 2.75) is 51.0 Å². The van der Waals surface area contributed by atoms with Crippen molar-refractivity contribution in [3.05, 3.63) is 24.3 Å². The molecule has 0 aromatic heterocycles. The molecule has 1 aliphatic carbocycles. The molecule has 3 heteroatoms. The smallest absolute Gasteiger partial charge is 0.119 e. The number of hydrogen-bond donors (Lipinski definition) is 1. The van der Waals surface area contributed by atoms with E-state index in [4.69, 9.17) is 9.47 Å². The van der Waals surface area contributed by atoms with Crippen molar-refractivity contribution in [2.24, 2.45) is 0 Å². The summed E-state index contributed by atoms with van der Waals surface area (Å²) in [5.41, 5.74) is 1.20. The molecule has 0 saturated heterocycles. The molecule has 0 radical (unpaired) electrons. The van der Waals surface area contributed by atoms with Crippen molar-refractivity contribution in [1.29, 1.82) is 0 Å². The van der Waals surface area contributed by atoms with Crippen LogP contribution in [0.4, 0.5) is 5.69 Å². The second kappa shape index (κ2) is 8.85. The first-order valence-electron chi connectivity index (χ1n) is 7.87. The third-order valence-corrected chi connectivity index (χ3v) is 3.89. The van der Waals surface area contributed by atoms with Crippen molar-refractivity contribution >= 4 is 5.69 Å². The predicted octanol–water partition coefficient (Wildman–Crippen LogP) is 4.24. The molecule has 0 heterocycles. The number of benzene rings is 1. The molecule has 3 nitrogen and oxygen atoms in total. The Balaban J connectivity index is 1.79. The maximum absolute atomic E-state index is 5.58. The Labute approximate surface area is 122 Å². The van der Waals surface area contributed by atoms with Gasteiger partial charge in [-0.25, -0.2) is 0 Å². The highest BCUT2D eigenvalue weighted by atomic mass is 16.5. The minimum atomic E-state index is 0.603. The van der Waals surface area contributed by atoms with E-state index in [1.54, 1.807) is 7.11 Å². The van der Waals surface area contributed by atoms with Crippen LogP contribution in [0, 0.1) is 0 Å². The van der Waals surface area contributed by atoms with Crippen LogP contribution in [0.3, 0.4) is 0 Å². The van der Waals surface area contributed by atoms with Gasteiger partial charge in [0, 0.05) is 18.8 Å². The average molecular weight is 277 g/mol. The zero-order valence-electron chi connectivity index (χ0n) is 12.6. The van der Waals surface area contributed by atoms with E-state index in [-0.39, 0.29) is 0 Å². The summed E-state index contributed by atoms with van der Waals surface area (Å²) in [6.07, 6.45) is 9.51. The third-order valence-electron chi connectivity index (χ3n) is 3.89. The first-order chi connectivity index (χ1) is 9.88. The highest BCUT2D eigenvalue weighted by molar-refractivity contribution is 5.47. The second-order valence-corrected chi connectivity index (χ2v) is 5.55. The van der Waals surface area contributed by atoms with Gasteiger partial charge >= 0.3 is 0 Å². The maximum Gasteiger partial charge on any atom is 0.119 e. The highest BCUT2D eigenvalue weighted by Gasteiger charge is 2.10. The molecule has 0 atom stereocenters. The molecule has 1 N–H and O–H groups in total. The lowest BCUT2D eigenvalue weighted by Crippen LogP contribution is -2.20. The first-order valence-corrected chi connectivity index (χ1v) is 7.87. The normalized spacial score (nSPS) is 17.2. The summed E-state index contributed by atoms with van der Waals surface area (Å²) >= 11 is 0. The van der Waals surface area contributed by atoms with Crippen molar-refractivity contribution in [1.82, 2.24) is 0 Å². The Hall–Kier alpha value is -1.22. The number of hydrogen-bond acceptors (Lipinski definition) is 3. The molecule has 20 heavy (non-hydrogen) atoms. The van der Waals surface area contributed by atoms with Crippen molar-refractivity contribution in [3.8, 4) is 5.75 Å². The molecule has 0 unspecified atom stereocenters. The summed E-state index contributed by atoms with van der Waals surface area (Å²) in [4.78, 5) is 0. The lowest BCUT2D eigenvalue weighted by molar-refractivity contribution is 0.146. The fraction of sp³-hybridized carbons (Fsp3) is 0.647. The van der Waals surface area contributed by atoms with Gasteiger partial charge in [0.25, 0.3) is 0 Å². The number of ether oxygens (including phenoxy) is 2. The molecule has 112 valence electrons. The van der Waals surface area contributed by atoms with Crippen LogP contribution in [0.2, 0.25) is 0 Å². The summed E-state index contributed by atoms with van der Waals surface area (Å²) in [7, 11) is 1.69. The summed E-state index contributed by atoms with van der Waals surface area (Å²) in [5.74, 6) is 0.908. The van der Waals surface area contributed by atoms with E-state index in [9.17, 15) is 0 Å². The van der Waals surface area contributed by atoms with Gasteiger partial charge in [-0.3, -0.25) is 0 Å². The van der Waals surface area contributed by atoms with Gasteiger partial charge in [-0.05, 0) is 37.1 Å². The van der Waals surface area contributed by atoms with Gasteiger partial charge in [-0.15, -0.1) is 0 Å². The zero-order chi connectivity index (χ0) is 14.0. The van der Waals surface area contributed by atoms with E-state index < -0.39 is 0 Å². The van der Waals surface area contributed by atoms with Crippen LogP contribution in [-0.4, -0.2) is 26.4 Å². The summed E-state index contributed by atoms with van der Waals surface area (Å²) in [6.45, 7) is 1.23. The second-order valence-electron chi connectivity index (χ2n) is 5.55. The molecule has 1 saturated carbocycles. The molecule has 1 aliphatic rings. The van der Waals surface area contributed by atoms with Gasteiger partial charge in [-0.2, -0.15) is 0 Å². The Morgan fingerprint density at radius 3 is 2.25 bits per heavy atom. The molecule has 1 aromatic carbocycles. The minimum Gasteiger partial charge on any atom is -0.491 e. The Morgan fingerprint density at radius 2 is 1.60 bits per heavy atom. The Morgan fingerprint density at radius 1 is 0.950 bits per heavy atom. The fourth-order valence-corrected chi connectivity index (χ4v) is 2.73. The Bertz CT molecular complexity index is 356. The van der Waals surface area contributed by atoms with Gasteiger partial charge in [0.15, 0.2) is 0 Å². The quantitative estimate of drug-likeness (QED) is 0.789. The van der Waals surface area contributed by atoms with Gasteiger partial charge in [0.1, 0.15) is 12.4 Å². The van der Waals surface area contributed by atoms with Crippen LogP contribution >= 0.6 is 0 Å². The van der Waals surface area contributed by atoms with Crippen LogP contribution in [0.25, 0.3) is 0 Å². The fourth-order valence-electron chi connectivity index (χ4n) is 2.73. The van der Waals surface area contributed by atoms with Crippen molar-refractivity contribution < 1.29 is 9.47 Å². The first kappa shape index (κ1) is 15.2. The van der Waals surface area contributed by atoms with Crippen molar-refractivity contribution in [3.63, 3.8) is 0 Å². The zero-order valence-corrected chi connectivity index (χ0v) is 12.6. The number of methoxy groups -OCH3 is 1. The van der Waals surface area contributed by atoms with Crippen LogP contribution in [-0.2, 0) is 4.74 Å². The standard InChI is InChI=1S/C17H27NO2/c1-19-13-14-20-17-11-9-16(10-12-17)18-15-7-5-3-2-4-6-8-15/h9-12,15,18H,2-8,13-14H2,1H3. The summed E-state index contributed by atoms with van der Waals surface area (Å²) < 4.78 is 10.5.